The Morgan fingerprint density at radius 2 is 1.81 bits per heavy atom. The molecule has 1 aliphatic carbocycles. The number of esters is 1. The minimum atomic E-state index is -1.02. The van der Waals surface area contributed by atoms with E-state index in [1.165, 1.54) is 6.92 Å². The van der Waals surface area contributed by atoms with Gasteiger partial charge >= 0.3 is 5.97 Å². The Hall–Kier alpha value is -2.18. The van der Waals surface area contributed by atoms with E-state index in [1.807, 2.05) is 12.2 Å². The Morgan fingerprint density at radius 1 is 1.29 bits per heavy atom. The molecule has 7 nitrogen and oxygen atoms in total. The third-order valence-corrected chi connectivity index (χ3v) is 3.85. The molecular weight excluding hydrogens is 276 g/mol. The Balaban J connectivity index is 1.89. The lowest BCUT2D eigenvalue weighted by molar-refractivity contribution is -0.154. The number of carbonyl (C=O) groups excluding carboxylic acids is 4. The number of fused-ring (bicyclic) bond motifs is 1. The highest BCUT2D eigenvalue weighted by Gasteiger charge is 2.46. The van der Waals surface area contributed by atoms with Crippen molar-refractivity contribution in [2.24, 2.45) is 17.6 Å². The van der Waals surface area contributed by atoms with Crippen molar-refractivity contribution in [3.8, 4) is 0 Å². The van der Waals surface area contributed by atoms with E-state index in [0.717, 1.165) is 4.90 Å². The summed E-state index contributed by atoms with van der Waals surface area (Å²) in [7, 11) is 0. The zero-order chi connectivity index (χ0) is 15.6. The molecule has 1 fully saturated rings. The molecule has 0 saturated carbocycles. The van der Waals surface area contributed by atoms with Gasteiger partial charge < -0.3 is 10.5 Å². The molecule has 0 aromatic carbocycles. The van der Waals surface area contributed by atoms with E-state index >= 15 is 0 Å². The number of amides is 3. The van der Waals surface area contributed by atoms with Crippen LogP contribution in [0.25, 0.3) is 0 Å². The summed E-state index contributed by atoms with van der Waals surface area (Å²) in [5.41, 5.74) is 4.98. The summed E-state index contributed by atoms with van der Waals surface area (Å²) in [5.74, 6) is -2.47. The van der Waals surface area contributed by atoms with Gasteiger partial charge in [-0.1, -0.05) is 12.2 Å². The van der Waals surface area contributed by atoms with Crippen LogP contribution in [0.15, 0.2) is 12.2 Å². The molecule has 0 bridgehead atoms. The number of nitrogens with zero attached hydrogens (tertiary/aromatic N) is 1. The smallest absolute Gasteiger partial charge is 0.308 e. The molecule has 1 saturated heterocycles. The van der Waals surface area contributed by atoms with Crippen LogP contribution in [-0.2, 0) is 23.9 Å². The summed E-state index contributed by atoms with van der Waals surface area (Å²) >= 11 is 0. The fourth-order valence-corrected chi connectivity index (χ4v) is 2.61. The molecule has 2 rings (SSSR count). The van der Waals surface area contributed by atoms with Crippen LogP contribution in [-0.4, -0.2) is 41.2 Å². The standard InChI is InChI=1S/C14H18N2O5/c1-8(12(15)18)21-11(17)6-7-16-13(19)9-4-2-3-5-10(9)14(16)20/h2-3,8-10H,4-7H2,1H3,(H2,15,18)/t8-,9-,10+/m1/s1. The second kappa shape index (κ2) is 6.07. The Bertz CT molecular complexity index is 487. The monoisotopic (exact) mass is 294 g/mol. The minimum absolute atomic E-state index is 0.0189. The normalized spacial score (nSPS) is 25.7. The number of hydrogen-bond acceptors (Lipinski definition) is 5. The zero-order valence-corrected chi connectivity index (χ0v) is 11.8. The average molecular weight is 294 g/mol. The second-order valence-corrected chi connectivity index (χ2v) is 5.27. The lowest BCUT2D eigenvalue weighted by Crippen LogP contribution is -2.35. The van der Waals surface area contributed by atoms with Crippen molar-refractivity contribution in [3.05, 3.63) is 12.2 Å². The van der Waals surface area contributed by atoms with Crippen LogP contribution in [0, 0.1) is 11.8 Å². The highest BCUT2D eigenvalue weighted by Crippen LogP contribution is 2.34. The van der Waals surface area contributed by atoms with Crippen molar-refractivity contribution in [1.82, 2.24) is 4.90 Å². The van der Waals surface area contributed by atoms with Crippen molar-refractivity contribution in [2.45, 2.75) is 32.3 Å². The van der Waals surface area contributed by atoms with Gasteiger partial charge in [-0.15, -0.1) is 0 Å². The van der Waals surface area contributed by atoms with Crippen molar-refractivity contribution < 1.29 is 23.9 Å². The maximum Gasteiger partial charge on any atom is 0.308 e. The van der Waals surface area contributed by atoms with Crippen LogP contribution >= 0.6 is 0 Å². The molecular formula is C14H18N2O5. The van der Waals surface area contributed by atoms with Gasteiger partial charge in [-0.2, -0.15) is 0 Å². The molecule has 0 aromatic rings. The lowest BCUT2D eigenvalue weighted by atomic mass is 9.85. The molecule has 3 atom stereocenters. The molecule has 114 valence electrons. The number of likely N-dealkylation sites (tertiary alicyclic amines) is 1. The zero-order valence-electron chi connectivity index (χ0n) is 11.8. The van der Waals surface area contributed by atoms with Crippen molar-refractivity contribution in [2.75, 3.05) is 6.54 Å². The maximum absolute atomic E-state index is 12.1. The van der Waals surface area contributed by atoms with Gasteiger partial charge in [0, 0.05) is 6.54 Å². The molecule has 0 radical (unpaired) electrons. The SMILES string of the molecule is C[C@@H](OC(=O)CCN1C(=O)[C@H]2CC=CC[C@H]2C1=O)C(N)=O. The van der Waals surface area contributed by atoms with Gasteiger partial charge in [-0.05, 0) is 19.8 Å². The van der Waals surface area contributed by atoms with Crippen molar-refractivity contribution in [1.29, 1.82) is 0 Å². The minimum Gasteiger partial charge on any atom is -0.453 e. The van der Waals surface area contributed by atoms with E-state index in [-0.39, 0.29) is 36.6 Å². The Kier molecular flexibility index (Phi) is 4.40. The molecule has 1 aliphatic heterocycles. The maximum atomic E-state index is 12.1. The van der Waals surface area contributed by atoms with Crippen LogP contribution in [0.4, 0.5) is 0 Å². The van der Waals surface area contributed by atoms with E-state index in [0.29, 0.717) is 12.8 Å². The van der Waals surface area contributed by atoms with E-state index in [2.05, 4.69) is 0 Å². The molecule has 2 aliphatic rings. The number of carbonyl (C=O) groups is 4. The summed E-state index contributed by atoms with van der Waals surface area (Å²) in [6.07, 6.45) is 3.78. The van der Waals surface area contributed by atoms with Gasteiger partial charge in [-0.25, -0.2) is 0 Å². The topological polar surface area (TPSA) is 107 Å². The summed E-state index contributed by atoms with van der Waals surface area (Å²) in [6.45, 7) is 1.35. The van der Waals surface area contributed by atoms with Crippen LogP contribution in [0.1, 0.15) is 26.2 Å². The molecule has 21 heavy (non-hydrogen) atoms. The van der Waals surface area contributed by atoms with Gasteiger partial charge in [0.1, 0.15) is 0 Å². The molecule has 0 aromatic heterocycles. The van der Waals surface area contributed by atoms with Crippen LogP contribution in [0.2, 0.25) is 0 Å². The summed E-state index contributed by atoms with van der Waals surface area (Å²) in [6, 6.07) is 0. The highest BCUT2D eigenvalue weighted by molar-refractivity contribution is 6.05. The van der Waals surface area contributed by atoms with Gasteiger partial charge in [0.15, 0.2) is 6.10 Å². The van der Waals surface area contributed by atoms with Gasteiger partial charge in [0.25, 0.3) is 5.91 Å². The average Bonchev–Trinajstić information content (AvgIpc) is 2.69. The highest BCUT2D eigenvalue weighted by atomic mass is 16.5. The van der Waals surface area contributed by atoms with Gasteiger partial charge in [0.05, 0.1) is 18.3 Å². The first-order chi connectivity index (χ1) is 9.91. The Labute approximate surface area is 122 Å². The largest absolute Gasteiger partial charge is 0.453 e. The number of ether oxygens (including phenoxy) is 1. The van der Waals surface area contributed by atoms with E-state index in [1.54, 1.807) is 0 Å². The first-order valence-corrected chi connectivity index (χ1v) is 6.91. The predicted molar refractivity (Wildman–Crippen MR) is 71.4 cm³/mol. The van der Waals surface area contributed by atoms with E-state index in [4.69, 9.17) is 10.5 Å². The summed E-state index contributed by atoms with van der Waals surface area (Å²) < 4.78 is 4.79. The molecule has 2 N–H and O–H groups in total. The van der Waals surface area contributed by atoms with Crippen molar-refractivity contribution in [3.63, 3.8) is 0 Å². The third-order valence-electron chi connectivity index (χ3n) is 3.85. The van der Waals surface area contributed by atoms with Crippen LogP contribution in [0.3, 0.4) is 0 Å². The molecule has 0 unspecified atom stereocenters. The van der Waals surface area contributed by atoms with Crippen molar-refractivity contribution >= 4 is 23.7 Å². The Morgan fingerprint density at radius 3 is 2.29 bits per heavy atom. The first-order valence-electron chi connectivity index (χ1n) is 6.91. The molecule has 7 heteroatoms. The van der Waals surface area contributed by atoms with Gasteiger partial charge in [0.2, 0.25) is 11.8 Å². The molecule has 3 amide bonds. The molecule has 0 spiro atoms. The number of rotatable bonds is 5. The van der Waals surface area contributed by atoms with Crippen LogP contribution in [0.5, 0.6) is 0 Å². The summed E-state index contributed by atoms with van der Waals surface area (Å²) in [5, 5.41) is 0. The predicted octanol–water partition coefficient (Wildman–Crippen LogP) is -0.255. The van der Waals surface area contributed by atoms with E-state index in [9.17, 15) is 19.2 Å². The van der Waals surface area contributed by atoms with Gasteiger partial charge in [-0.3, -0.25) is 24.1 Å². The number of nitrogens with two attached hydrogens (primary N) is 1. The first kappa shape index (κ1) is 15.2. The number of hydrogen-bond donors (Lipinski definition) is 1. The fourth-order valence-electron chi connectivity index (χ4n) is 2.61. The number of primary amides is 1. The lowest BCUT2D eigenvalue weighted by Gasteiger charge is -2.15. The molecule has 1 heterocycles. The third kappa shape index (κ3) is 3.12. The van der Waals surface area contributed by atoms with Crippen LogP contribution < -0.4 is 5.73 Å². The quantitative estimate of drug-likeness (QED) is 0.427. The van der Waals surface area contributed by atoms with E-state index < -0.39 is 18.0 Å². The summed E-state index contributed by atoms with van der Waals surface area (Å²) in [4.78, 5) is 47.7. The second-order valence-electron chi connectivity index (χ2n) is 5.27. The fraction of sp³-hybridized carbons (Fsp3) is 0.571. The number of allylic oxidation sites excluding steroid dienone is 2. The number of imide groups is 1.